The molecule has 0 saturated carbocycles. The Morgan fingerprint density at radius 1 is 1.36 bits per heavy atom. The number of benzene rings is 1. The molecule has 1 aromatic rings. The van der Waals surface area contributed by atoms with E-state index in [4.69, 9.17) is 5.11 Å². The van der Waals surface area contributed by atoms with Gasteiger partial charge in [0.2, 0.25) is 0 Å². The van der Waals surface area contributed by atoms with Gasteiger partial charge in [0, 0.05) is 18.8 Å². The maximum absolute atomic E-state index is 11.1. The van der Waals surface area contributed by atoms with E-state index in [1.54, 1.807) is 11.8 Å². The average Bonchev–Trinajstić information content (AvgIpc) is 2.84. The monoisotopic (exact) mass is 364 g/mol. The quantitative estimate of drug-likeness (QED) is 0.863. The third-order valence-electron chi connectivity index (χ3n) is 4.04. The van der Waals surface area contributed by atoms with Crippen molar-refractivity contribution in [2.45, 2.75) is 30.3 Å². The summed E-state index contributed by atoms with van der Waals surface area (Å²) in [6.07, 6.45) is 2.19. The third kappa shape index (κ3) is 4.52. The minimum absolute atomic E-state index is 0. The average molecular weight is 365 g/mol. The molecule has 0 amide bonds. The molecule has 4 nitrogen and oxygen atoms in total. The SMILES string of the molecule is Cl.Cl.O=C(O)C1CSC2(CCCN(Cc3ccccc3)C2)N1. The molecular weight excluding hydrogens is 343 g/mol. The Labute approximate surface area is 147 Å². The van der Waals surface area contributed by atoms with Crippen molar-refractivity contribution >= 4 is 42.5 Å². The predicted octanol–water partition coefficient (Wildman–Crippen LogP) is 2.61. The Morgan fingerprint density at radius 2 is 2.09 bits per heavy atom. The normalized spacial score (nSPS) is 27.9. The second-order valence-corrected chi connectivity index (χ2v) is 7.04. The first-order valence-electron chi connectivity index (χ1n) is 7.08. The number of carboxylic acid groups (broad SMARTS) is 1. The van der Waals surface area contributed by atoms with Crippen LogP contribution in [0.1, 0.15) is 18.4 Å². The van der Waals surface area contributed by atoms with Gasteiger partial charge in [-0.1, -0.05) is 30.3 Å². The topological polar surface area (TPSA) is 52.6 Å². The van der Waals surface area contributed by atoms with Crippen molar-refractivity contribution in [3.8, 4) is 0 Å². The summed E-state index contributed by atoms with van der Waals surface area (Å²) >= 11 is 1.78. The lowest BCUT2D eigenvalue weighted by atomic mass is 10.0. The molecule has 1 spiro atoms. The maximum Gasteiger partial charge on any atom is 0.321 e. The lowest BCUT2D eigenvalue weighted by molar-refractivity contribution is -0.139. The minimum Gasteiger partial charge on any atom is -0.480 e. The van der Waals surface area contributed by atoms with E-state index in [9.17, 15) is 4.79 Å². The van der Waals surface area contributed by atoms with Gasteiger partial charge in [0.15, 0.2) is 0 Å². The van der Waals surface area contributed by atoms with Crippen molar-refractivity contribution in [3.05, 3.63) is 35.9 Å². The standard InChI is InChI=1S/C15H20N2O2S.2ClH/c18-14(19)13-10-20-15(16-13)7-4-8-17(11-15)9-12-5-2-1-3-6-12;;/h1-3,5-6,13,16H,4,7-11H2,(H,18,19);2*1H. The molecule has 2 heterocycles. The first-order chi connectivity index (χ1) is 9.67. The molecule has 2 unspecified atom stereocenters. The van der Waals surface area contributed by atoms with Crippen LogP contribution in [0.3, 0.4) is 0 Å². The van der Waals surface area contributed by atoms with Gasteiger partial charge in [-0.3, -0.25) is 15.0 Å². The van der Waals surface area contributed by atoms with Crippen molar-refractivity contribution in [1.29, 1.82) is 0 Å². The van der Waals surface area contributed by atoms with Gasteiger partial charge in [0.25, 0.3) is 0 Å². The lowest BCUT2D eigenvalue weighted by Crippen LogP contribution is -2.54. The highest BCUT2D eigenvalue weighted by atomic mass is 35.5. The van der Waals surface area contributed by atoms with Crippen LogP contribution in [-0.2, 0) is 11.3 Å². The van der Waals surface area contributed by atoms with Gasteiger partial charge in [-0.2, -0.15) is 0 Å². The number of hydrogen-bond acceptors (Lipinski definition) is 4. The first kappa shape index (κ1) is 19.6. The molecule has 0 radical (unpaired) electrons. The first-order valence-corrected chi connectivity index (χ1v) is 8.06. The Morgan fingerprint density at radius 3 is 2.73 bits per heavy atom. The number of likely N-dealkylation sites (tertiary alicyclic amines) is 1. The fraction of sp³-hybridized carbons (Fsp3) is 0.533. The largest absolute Gasteiger partial charge is 0.480 e. The molecular formula is C15H22Cl2N2O2S. The van der Waals surface area contributed by atoms with Crippen molar-refractivity contribution in [1.82, 2.24) is 10.2 Å². The molecule has 2 fully saturated rings. The Hall–Kier alpha value is -0.460. The second kappa shape index (κ2) is 8.41. The van der Waals surface area contributed by atoms with Crippen molar-refractivity contribution in [2.24, 2.45) is 0 Å². The number of hydrogen-bond donors (Lipinski definition) is 2. The van der Waals surface area contributed by atoms with Crippen LogP contribution in [0.4, 0.5) is 0 Å². The smallest absolute Gasteiger partial charge is 0.321 e. The van der Waals surface area contributed by atoms with E-state index in [-0.39, 0.29) is 29.7 Å². The highest BCUT2D eigenvalue weighted by molar-refractivity contribution is 8.01. The summed E-state index contributed by atoms with van der Waals surface area (Å²) < 4.78 is 0. The molecule has 2 aliphatic rings. The molecule has 2 atom stereocenters. The van der Waals surface area contributed by atoms with Crippen molar-refractivity contribution in [2.75, 3.05) is 18.8 Å². The third-order valence-corrected chi connectivity index (χ3v) is 5.55. The Balaban J connectivity index is 0.00000121. The van der Waals surface area contributed by atoms with Crippen LogP contribution in [0.2, 0.25) is 0 Å². The number of aliphatic carboxylic acids is 1. The predicted molar refractivity (Wildman–Crippen MR) is 95.2 cm³/mol. The van der Waals surface area contributed by atoms with Crippen LogP contribution in [-0.4, -0.2) is 45.7 Å². The van der Waals surface area contributed by atoms with Gasteiger partial charge in [0.05, 0.1) is 4.87 Å². The van der Waals surface area contributed by atoms with E-state index in [2.05, 4.69) is 34.5 Å². The van der Waals surface area contributed by atoms with E-state index in [0.29, 0.717) is 5.75 Å². The molecule has 3 rings (SSSR count). The molecule has 2 N–H and O–H groups in total. The van der Waals surface area contributed by atoms with Crippen LogP contribution in [0.25, 0.3) is 0 Å². The molecule has 22 heavy (non-hydrogen) atoms. The highest BCUT2D eigenvalue weighted by Gasteiger charge is 2.44. The number of rotatable bonds is 3. The summed E-state index contributed by atoms with van der Waals surface area (Å²) in [5.74, 6) is -0.0522. The molecule has 2 saturated heterocycles. The zero-order valence-electron chi connectivity index (χ0n) is 12.2. The van der Waals surface area contributed by atoms with Crippen LogP contribution in [0.5, 0.6) is 0 Å². The van der Waals surface area contributed by atoms with Gasteiger partial charge in [-0.25, -0.2) is 0 Å². The maximum atomic E-state index is 11.1. The number of piperidine rings is 1. The number of nitrogens with one attached hydrogen (secondary N) is 1. The van der Waals surface area contributed by atoms with Gasteiger partial charge in [0.1, 0.15) is 6.04 Å². The lowest BCUT2D eigenvalue weighted by Gasteiger charge is -2.40. The summed E-state index contributed by atoms with van der Waals surface area (Å²) in [6, 6.07) is 10.1. The van der Waals surface area contributed by atoms with Gasteiger partial charge in [-0.15, -0.1) is 36.6 Å². The molecule has 124 valence electrons. The van der Waals surface area contributed by atoms with Crippen LogP contribution >= 0.6 is 36.6 Å². The molecule has 2 aliphatic heterocycles. The molecule has 0 aliphatic carbocycles. The summed E-state index contributed by atoms with van der Waals surface area (Å²) in [5.41, 5.74) is 1.32. The Kier molecular flexibility index (Phi) is 7.49. The van der Waals surface area contributed by atoms with Crippen LogP contribution in [0, 0.1) is 0 Å². The number of carboxylic acids is 1. The molecule has 1 aromatic carbocycles. The zero-order chi connectivity index (χ0) is 14.0. The summed E-state index contributed by atoms with van der Waals surface area (Å²) in [6.45, 7) is 2.97. The van der Waals surface area contributed by atoms with Crippen molar-refractivity contribution < 1.29 is 9.90 Å². The minimum atomic E-state index is -0.727. The second-order valence-electron chi connectivity index (χ2n) is 5.64. The fourth-order valence-corrected chi connectivity index (χ4v) is 4.60. The van der Waals surface area contributed by atoms with E-state index in [1.807, 2.05) is 6.07 Å². The van der Waals surface area contributed by atoms with E-state index in [1.165, 1.54) is 5.56 Å². The number of halogens is 2. The summed E-state index contributed by atoms with van der Waals surface area (Å²) in [4.78, 5) is 13.5. The van der Waals surface area contributed by atoms with E-state index >= 15 is 0 Å². The van der Waals surface area contributed by atoms with Crippen molar-refractivity contribution in [3.63, 3.8) is 0 Å². The fourth-order valence-electron chi connectivity index (χ4n) is 3.10. The van der Waals surface area contributed by atoms with Crippen LogP contribution < -0.4 is 5.32 Å². The zero-order valence-corrected chi connectivity index (χ0v) is 14.7. The highest BCUT2D eigenvalue weighted by Crippen LogP contribution is 2.38. The van der Waals surface area contributed by atoms with E-state index in [0.717, 1.165) is 32.5 Å². The molecule has 0 bridgehead atoms. The van der Waals surface area contributed by atoms with E-state index < -0.39 is 12.0 Å². The summed E-state index contributed by atoms with van der Waals surface area (Å²) in [7, 11) is 0. The molecule has 0 aromatic heterocycles. The Bertz CT molecular complexity index is 492. The molecule has 7 heteroatoms. The van der Waals surface area contributed by atoms with Gasteiger partial charge in [-0.05, 0) is 24.9 Å². The summed E-state index contributed by atoms with van der Waals surface area (Å²) in [5, 5.41) is 12.5. The number of nitrogens with zero attached hydrogens (tertiary/aromatic N) is 1. The van der Waals surface area contributed by atoms with Gasteiger partial charge >= 0.3 is 5.97 Å². The number of carbonyl (C=O) groups is 1. The number of thioether (sulfide) groups is 1. The van der Waals surface area contributed by atoms with Gasteiger partial charge < -0.3 is 5.11 Å². The van der Waals surface area contributed by atoms with Crippen LogP contribution in [0.15, 0.2) is 30.3 Å².